The number of aromatic hydroxyl groups is 1. The molecule has 2 aromatic rings. The number of aliphatic carboxylic acids is 1. The van der Waals surface area contributed by atoms with E-state index >= 15 is 0 Å². The van der Waals surface area contributed by atoms with E-state index in [1.54, 1.807) is 24.3 Å². The summed E-state index contributed by atoms with van der Waals surface area (Å²) < 4.78 is 0. The van der Waals surface area contributed by atoms with Crippen LogP contribution in [0.15, 0.2) is 30.3 Å². The zero-order chi connectivity index (χ0) is 16.6. The lowest BCUT2D eigenvalue weighted by molar-refractivity contribution is -0.144. The van der Waals surface area contributed by atoms with Crippen LogP contribution in [0.1, 0.15) is 36.0 Å². The quantitative estimate of drug-likeness (QED) is 0.804. The summed E-state index contributed by atoms with van der Waals surface area (Å²) in [5, 5.41) is 23.8. The highest BCUT2D eigenvalue weighted by Crippen LogP contribution is 2.35. The van der Waals surface area contributed by atoms with Crippen molar-refractivity contribution in [2.45, 2.75) is 31.2 Å². The largest absolute Gasteiger partial charge is 0.506 e. The smallest absolute Gasteiger partial charge is 0.329 e. The summed E-state index contributed by atoms with van der Waals surface area (Å²) in [6.07, 6.45) is 2.26. The first kappa shape index (κ1) is 15.6. The number of hydrogen-bond donors (Lipinski definition) is 3. The van der Waals surface area contributed by atoms with E-state index < -0.39 is 17.4 Å². The van der Waals surface area contributed by atoms with Crippen molar-refractivity contribution < 1.29 is 19.8 Å². The Hall–Kier alpha value is -2.27. The Morgan fingerprint density at radius 1 is 1.13 bits per heavy atom. The summed E-state index contributed by atoms with van der Waals surface area (Å²) in [6, 6.07) is 8.30. The number of fused-ring (bicyclic) bond motifs is 1. The number of amides is 1. The average Bonchev–Trinajstić information content (AvgIpc) is 3.00. The van der Waals surface area contributed by atoms with Crippen molar-refractivity contribution in [1.82, 2.24) is 5.32 Å². The second-order valence-electron chi connectivity index (χ2n) is 5.85. The predicted octanol–water partition coefficient (Wildman–Crippen LogP) is 3.33. The predicted molar refractivity (Wildman–Crippen MR) is 86.9 cm³/mol. The molecule has 0 heterocycles. The van der Waals surface area contributed by atoms with Gasteiger partial charge in [0.25, 0.3) is 5.91 Å². The average molecular weight is 334 g/mol. The van der Waals surface area contributed by atoms with Crippen LogP contribution in [-0.2, 0) is 4.79 Å². The van der Waals surface area contributed by atoms with E-state index in [1.165, 1.54) is 6.07 Å². The number of phenolic OH excluding ortho intramolecular Hbond substituents is 1. The minimum atomic E-state index is -1.26. The molecule has 1 aliphatic rings. The van der Waals surface area contributed by atoms with Gasteiger partial charge in [0.1, 0.15) is 11.3 Å². The van der Waals surface area contributed by atoms with Gasteiger partial charge in [0.2, 0.25) is 0 Å². The van der Waals surface area contributed by atoms with Gasteiger partial charge in [0.05, 0.1) is 5.56 Å². The molecule has 0 bridgehead atoms. The van der Waals surface area contributed by atoms with Gasteiger partial charge in [-0.1, -0.05) is 48.7 Å². The summed E-state index contributed by atoms with van der Waals surface area (Å²) in [5.41, 5.74) is -1.28. The lowest BCUT2D eigenvalue weighted by atomic mass is 9.96. The van der Waals surface area contributed by atoms with Crippen LogP contribution < -0.4 is 5.32 Å². The van der Waals surface area contributed by atoms with Gasteiger partial charge in [-0.3, -0.25) is 4.79 Å². The van der Waals surface area contributed by atoms with Crippen LogP contribution in [-0.4, -0.2) is 27.6 Å². The van der Waals surface area contributed by atoms with Crippen LogP contribution in [0, 0.1) is 0 Å². The van der Waals surface area contributed by atoms with Crippen molar-refractivity contribution in [1.29, 1.82) is 0 Å². The molecule has 1 aliphatic carbocycles. The van der Waals surface area contributed by atoms with Gasteiger partial charge in [0.15, 0.2) is 0 Å². The van der Waals surface area contributed by atoms with E-state index in [0.717, 1.165) is 12.8 Å². The second kappa shape index (κ2) is 5.74. The fraction of sp³-hybridized carbons (Fsp3) is 0.294. The van der Waals surface area contributed by atoms with Gasteiger partial charge in [-0.25, -0.2) is 4.79 Å². The highest BCUT2D eigenvalue weighted by Gasteiger charge is 2.43. The third-order valence-corrected chi connectivity index (χ3v) is 4.74. The van der Waals surface area contributed by atoms with Crippen LogP contribution in [0.25, 0.3) is 10.8 Å². The van der Waals surface area contributed by atoms with E-state index in [2.05, 4.69) is 5.32 Å². The molecule has 3 N–H and O–H groups in total. The minimum absolute atomic E-state index is 0.0128. The summed E-state index contributed by atoms with van der Waals surface area (Å²) in [7, 11) is 0. The van der Waals surface area contributed by atoms with Gasteiger partial charge < -0.3 is 15.5 Å². The zero-order valence-electron chi connectivity index (χ0n) is 12.3. The molecule has 0 aliphatic heterocycles. The Balaban J connectivity index is 2.01. The van der Waals surface area contributed by atoms with Crippen molar-refractivity contribution in [2.75, 3.05) is 0 Å². The van der Waals surface area contributed by atoms with Crippen LogP contribution in [0.4, 0.5) is 0 Å². The van der Waals surface area contributed by atoms with Crippen LogP contribution in [0.2, 0.25) is 5.02 Å². The molecule has 1 fully saturated rings. The summed E-state index contributed by atoms with van der Waals surface area (Å²) in [5.74, 6) is -1.87. The molecule has 2 aromatic carbocycles. The third kappa shape index (κ3) is 2.61. The highest BCUT2D eigenvalue weighted by molar-refractivity contribution is 6.36. The highest BCUT2D eigenvalue weighted by atomic mass is 35.5. The van der Waals surface area contributed by atoms with E-state index in [-0.39, 0.29) is 11.3 Å². The van der Waals surface area contributed by atoms with Gasteiger partial charge in [-0.15, -0.1) is 0 Å². The van der Waals surface area contributed by atoms with Crippen LogP contribution in [0.3, 0.4) is 0 Å². The number of nitrogens with one attached hydrogen (secondary N) is 1. The molecule has 1 amide bonds. The monoisotopic (exact) mass is 333 g/mol. The van der Waals surface area contributed by atoms with Crippen molar-refractivity contribution in [3.63, 3.8) is 0 Å². The zero-order valence-corrected chi connectivity index (χ0v) is 13.1. The molecular formula is C17H16ClNO4. The first-order valence-electron chi connectivity index (χ1n) is 7.41. The Kier molecular flexibility index (Phi) is 3.90. The summed E-state index contributed by atoms with van der Waals surface area (Å²) >= 11 is 6.18. The third-order valence-electron chi connectivity index (χ3n) is 4.43. The maximum atomic E-state index is 12.5. The molecule has 23 heavy (non-hydrogen) atoms. The Bertz CT molecular complexity index is 797. The molecule has 0 radical (unpaired) electrons. The van der Waals surface area contributed by atoms with Crippen LogP contribution >= 0.6 is 11.6 Å². The van der Waals surface area contributed by atoms with Crippen molar-refractivity contribution in [3.05, 3.63) is 40.9 Å². The second-order valence-corrected chi connectivity index (χ2v) is 6.26. The number of carbonyl (C=O) groups is 2. The number of halogens is 1. The van der Waals surface area contributed by atoms with Gasteiger partial charge in [0, 0.05) is 15.8 Å². The fourth-order valence-electron chi connectivity index (χ4n) is 3.14. The van der Waals surface area contributed by atoms with Gasteiger partial charge in [-0.05, 0) is 18.9 Å². The lowest BCUT2D eigenvalue weighted by Crippen LogP contribution is -2.52. The van der Waals surface area contributed by atoms with Crippen molar-refractivity contribution in [2.24, 2.45) is 0 Å². The normalized spacial score (nSPS) is 16.4. The number of phenols is 1. The van der Waals surface area contributed by atoms with E-state index in [4.69, 9.17) is 11.6 Å². The fourth-order valence-corrected chi connectivity index (χ4v) is 3.42. The van der Waals surface area contributed by atoms with Gasteiger partial charge >= 0.3 is 5.97 Å². The SMILES string of the molecule is O=C(NC1(C(=O)O)CCCC1)c1cc(Cl)c2ccccc2c1O. The molecule has 3 rings (SSSR count). The molecular weight excluding hydrogens is 318 g/mol. The molecule has 0 saturated heterocycles. The Labute approximate surface area is 137 Å². The standard InChI is InChI=1S/C17H16ClNO4/c18-13-9-12(14(20)11-6-2-1-5-10(11)13)15(21)19-17(16(22)23)7-3-4-8-17/h1-2,5-6,9,20H,3-4,7-8H2,(H,19,21)(H,22,23). The summed E-state index contributed by atoms with van der Waals surface area (Å²) in [4.78, 5) is 24.1. The molecule has 0 aromatic heterocycles. The summed E-state index contributed by atoms with van der Waals surface area (Å²) in [6.45, 7) is 0. The maximum absolute atomic E-state index is 12.5. The van der Waals surface area contributed by atoms with E-state index in [9.17, 15) is 19.8 Å². The van der Waals surface area contributed by atoms with E-state index in [0.29, 0.717) is 28.6 Å². The maximum Gasteiger partial charge on any atom is 0.329 e. The number of benzene rings is 2. The lowest BCUT2D eigenvalue weighted by Gasteiger charge is -2.25. The number of rotatable bonds is 3. The topological polar surface area (TPSA) is 86.6 Å². The molecule has 0 unspecified atom stereocenters. The molecule has 120 valence electrons. The van der Waals surface area contributed by atoms with Crippen molar-refractivity contribution in [3.8, 4) is 5.75 Å². The van der Waals surface area contributed by atoms with E-state index in [1.807, 2.05) is 0 Å². The first-order chi connectivity index (χ1) is 10.9. The number of carbonyl (C=O) groups excluding carboxylic acids is 1. The molecule has 0 spiro atoms. The molecule has 5 nitrogen and oxygen atoms in total. The Morgan fingerprint density at radius 3 is 2.35 bits per heavy atom. The molecule has 1 saturated carbocycles. The first-order valence-corrected chi connectivity index (χ1v) is 7.78. The van der Waals surface area contributed by atoms with Crippen molar-refractivity contribution >= 4 is 34.2 Å². The number of hydrogen-bond acceptors (Lipinski definition) is 3. The minimum Gasteiger partial charge on any atom is -0.506 e. The number of carboxylic acids is 1. The Morgan fingerprint density at radius 2 is 1.74 bits per heavy atom. The molecule has 6 heteroatoms. The number of carboxylic acid groups (broad SMARTS) is 1. The van der Waals surface area contributed by atoms with Gasteiger partial charge in [-0.2, -0.15) is 0 Å². The van der Waals surface area contributed by atoms with Crippen LogP contribution in [0.5, 0.6) is 5.75 Å². The molecule has 0 atom stereocenters.